The van der Waals surface area contributed by atoms with E-state index in [4.69, 9.17) is 4.74 Å². The topological polar surface area (TPSA) is 22.1 Å². The quantitative estimate of drug-likeness (QED) is 0.660. The molecule has 0 aliphatic carbocycles. The van der Waals surface area contributed by atoms with Crippen LogP contribution in [0.5, 0.6) is 5.75 Å². The minimum absolute atomic E-state index is 0.580. The van der Waals surface area contributed by atoms with Crippen molar-refractivity contribution in [3.63, 3.8) is 0 Å². The first-order chi connectivity index (χ1) is 10.3. The molecule has 0 N–H and O–H groups in total. The monoisotopic (exact) mass is 339 g/mol. The number of benzene rings is 2. The van der Waals surface area contributed by atoms with Crippen LogP contribution in [0.25, 0.3) is 11.3 Å². The maximum absolute atomic E-state index is 5.77. The standard InChI is InChI=1S/C18H14BrNO/c19-16-8-11-18(20-12-16)15-6-9-17(10-7-15)21-13-14-4-2-1-3-5-14/h1-12H,13H2. The Morgan fingerprint density at radius 2 is 1.62 bits per heavy atom. The molecule has 2 aromatic carbocycles. The van der Waals surface area contributed by atoms with Gasteiger partial charge in [0.25, 0.3) is 0 Å². The third-order valence-electron chi connectivity index (χ3n) is 3.13. The molecular weight excluding hydrogens is 326 g/mol. The lowest BCUT2D eigenvalue weighted by Gasteiger charge is -2.07. The van der Waals surface area contributed by atoms with Crippen LogP contribution >= 0.6 is 15.9 Å². The van der Waals surface area contributed by atoms with Crippen LogP contribution in [-0.4, -0.2) is 4.98 Å². The number of hydrogen-bond donors (Lipinski definition) is 0. The fourth-order valence-electron chi connectivity index (χ4n) is 2.01. The van der Waals surface area contributed by atoms with E-state index in [2.05, 4.69) is 33.0 Å². The Balaban J connectivity index is 1.68. The molecule has 0 atom stereocenters. The van der Waals surface area contributed by atoms with Crippen LogP contribution in [0, 0.1) is 0 Å². The van der Waals surface area contributed by atoms with Crippen LogP contribution in [-0.2, 0) is 6.61 Å². The molecule has 0 bridgehead atoms. The molecule has 3 heteroatoms. The highest BCUT2D eigenvalue weighted by molar-refractivity contribution is 9.10. The van der Waals surface area contributed by atoms with Crippen molar-refractivity contribution in [1.82, 2.24) is 4.98 Å². The highest BCUT2D eigenvalue weighted by Crippen LogP contribution is 2.22. The molecule has 0 fully saturated rings. The lowest BCUT2D eigenvalue weighted by Crippen LogP contribution is -1.94. The van der Waals surface area contributed by atoms with Crippen molar-refractivity contribution in [3.05, 3.63) is 83.0 Å². The van der Waals surface area contributed by atoms with Gasteiger partial charge in [0, 0.05) is 16.2 Å². The number of hydrogen-bond acceptors (Lipinski definition) is 2. The molecule has 0 aliphatic rings. The van der Waals surface area contributed by atoms with Crippen LogP contribution in [0.1, 0.15) is 5.56 Å². The number of pyridine rings is 1. The molecule has 0 aliphatic heterocycles. The van der Waals surface area contributed by atoms with Gasteiger partial charge in [-0.2, -0.15) is 0 Å². The molecule has 0 saturated heterocycles. The fourth-order valence-corrected chi connectivity index (χ4v) is 2.24. The van der Waals surface area contributed by atoms with E-state index in [9.17, 15) is 0 Å². The SMILES string of the molecule is Brc1ccc(-c2ccc(OCc3ccccc3)cc2)nc1. The Hall–Kier alpha value is -2.13. The van der Waals surface area contributed by atoms with Gasteiger partial charge in [-0.1, -0.05) is 30.3 Å². The molecule has 0 saturated carbocycles. The summed E-state index contributed by atoms with van der Waals surface area (Å²) in [6.07, 6.45) is 1.80. The normalized spacial score (nSPS) is 10.3. The molecule has 0 amide bonds. The van der Waals surface area contributed by atoms with Crippen molar-refractivity contribution < 1.29 is 4.74 Å². The number of rotatable bonds is 4. The Kier molecular flexibility index (Phi) is 4.31. The van der Waals surface area contributed by atoms with Gasteiger partial charge in [-0.05, 0) is 57.9 Å². The number of aromatic nitrogens is 1. The van der Waals surface area contributed by atoms with E-state index in [1.165, 1.54) is 0 Å². The van der Waals surface area contributed by atoms with Gasteiger partial charge in [0.15, 0.2) is 0 Å². The van der Waals surface area contributed by atoms with Gasteiger partial charge >= 0.3 is 0 Å². The largest absolute Gasteiger partial charge is 0.489 e. The third-order valence-corrected chi connectivity index (χ3v) is 3.59. The lowest BCUT2D eigenvalue weighted by atomic mass is 10.1. The van der Waals surface area contributed by atoms with Crippen LogP contribution in [0.2, 0.25) is 0 Å². The van der Waals surface area contributed by atoms with Crippen molar-refractivity contribution in [3.8, 4) is 17.0 Å². The van der Waals surface area contributed by atoms with Crippen LogP contribution in [0.3, 0.4) is 0 Å². The molecule has 1 heterocycles. The molecular formula is C18H14BrNO. The third kappa shape index (κ3) is 3.70. The van der Waals surface area contributed by atoms with Gasteiger partial charge in [0.05, 0.1) is 5.69 Å². The summed E-state index contributed by atoms with van der Waals surface area (Å²) in [7, 11) is 0. The van der Waals surface area contributed by atoms with Crippen LogP contribution in [0.4, 0.5) is 0 Å². The summed E-state index contributed by atoms with van der Waals surface area (Å²) in [5, 5.41) is 0. The van der Waals surface area contributed by atoms with E-state index >= 15 is 0 Å². The Bertz CT molecular complexity index is 694. The molecule has 104 valence electrons. The summed E-state index contributed by atoms with van der Waals surface area (Å²) in [5.74, 6) is 0.861. The molecule has 0 spiro atoms. The summed E-state index contributed by atoms with van der Waals surface area (Å²) in [6.45, 7) is 0.580. The average Bonchev–Trinajstić information content (AvgIpc) is 2.55. The average molecular weight is 340 g/mol. The van der Waals surface area contributed by atoms with E-state index in [0.717, 1.165) is 27.0 Å². The first kappa shape index (κ1) is 13.8. The van der Waals surface area contributed by atoms with E-state index < -0.39 is 0 Å². The second-order valence-corrected chi connectivity index (χ2v) is 5.58. The summed E-state index contributed by atoms with van der Waals surface area (Å²) in [5.41, 5.74) is 3.19. The van der Waals surface area contributed by atoms with Crippen molar-refractivity contribution in [2.75, 3.05) is 0 Å². The summed E-state index contributed by atoms with van der Waals surface area (Å²) >= 11 is 3.39. The van der Waals surface area contributed by atoms with E-state index in [-0.39, 0.29) is 0 Å². The first-order valence-electron chi connectivity index (χ1n) is 6.70. The van der Waals surface area contributed by atoms with Crippen molar-refractivity contribution in [2.45, 2.75) is 6.61 Å². The van der Waals surface area contributed by atoms with E-state index in [0.29, 0.717) is 6.61 Å². The molecule has 21 heavy (non-hydrogen) atoms. The van der Waals surface area contributed by atoms with Gasteiger partial charge in [0.2, 0.25) is 0 Å². The Morgan fingerprint density at radius 3 is 2.29 bits per heavy atom. The van der Waals surface area contributed by atoms with Crippen LogP contribution < -0.4 is 4.74 Å². The zero-order chi connectivity index (χ0) is 14.5. The second-order valence-electron chi connectivity index (χ2n) is 4.66. The molecule has 0 unspecified atom stereocenters. The van der Waals surface area contributed by atoms with Crippen molar-refractivity contribution in [2.24, 2.45) is 0 Å². The van der Waals surface area contributed by atoms with E-state index in [1.807, 2.05) is 54.6 Å². The van der Waals surface area contributed by atoms with E-state index in [1.54, 1.807) is 6.20 Å². The first-order valence-corrected chi connectivity index (χ1v) is 7.49. The lowest BCUT2D eigenvalue weighted by molar-refractivity contribution is 0.306. The number of nitrogens with zero attached hydrogens (tertiary/aromatic N) is 1. The van der Waals surface area contributed by atoms with Gasteiger partial charge in [-0.25, -0.2) is 0 Å². The summed E-state index contributed by atoms with van der Waals surface area (Å²) in [6, 6.07) is 22.1. The summed E-state index contributed by atoms with van der Waals surface area (Å²) in [4.78, 5) is 4.38. The Labute approximate surface area is 132 Å². The highest BCUT2D eigenvalue weighted by Gasteiger charge is 2.00. The van der Waals surface area contributed by atoms with Gasteiger partial charge in [-0.3, -0.25) is 4.98 Å². The zero-order valence-corrected chi connectivity index (χ0v) is 13.0. The molecule has 3 rings (SSSR count). The van der Waals surface area contributed by atoms with Gasteiger partial charge in [-0.15, -0.1) is 0 Å². The molecule has 2 nitrogen and oxygen atoms in total. The smallest absolute Gasteiger partial charge is 0.119 e. The fraction of sp³-hybridized carbons (Fsp3) is 0.0556. The van der Waals surface area contributed by atoms with Gasteiger partial charge in [0.1, 0.15) is 12.4 Å². The molecule has 0 radical (unpaired) electrons. The maximum atomic E-state index is 5.77. The van der Waals surface area contributed by atoms with Crippen molar-refractivity contribution >= 4 is 15.9 Å². The summed E-state index contributed by atoms with van der Waals surface area (Å²) < 4.78 is 6.75. The maximum Gasteiger partial charge on any atom is 0.119 e. The predicted octanol–water partition coefficient (Wildman–Crippen LogP) is 5.09. The Morgan fingerprint density at radius 1 is 0.857 bits per heavy atom. The minimum Gasteiger partial charge on any atom is -0.489 e. The molecule has 3 aromatic rings. The number of ether oxygens (including phenoxy) is 1. The molecule has 1 aromatic heterocycles. The number of halogens is 1. The minimum atomic E-state index is 0.580. The van der Waals surface area contributed by atoms with Crippen LogP contribution in [0.15, 0.2) is 77.4 Å². The zero-order valence-electron chi connectivity index (χ0n) is 11.4. The highest BCUT2D eigenvalue weighted by atomic mass is 79.9. The predicted molar refractivity (Wildman–Crippen MR) is 88.1 cm³/mol. The second kappa shape index (κ2) is 6.55. The van der Waals surface area contributed by atoms with Gasteiger partial charge < -0.3 is 4.74 Å². The van der Waals surface area contributed by atoms with Crippen molar-refractivity contribution in [1.29, 1.82) is 0 Å².